The number of carbonyl (C=O) groups excluding carboxylic acids is 2. The molecule has 0 unspecified atom stereocenters. The summed E-state index contributed by atoms with van der Waals surface area (Å²) < 4.78 is 65.2. The van der Waals surface area contributed by atoms with E-state index < -0.39 is 31.1 Å². The Morgan fingerprint density at radius 2 is 1.69 bits per heavy atom. The molecule has 2 N–H and O–H groups in total. The minimum atomic E-state index is -4.56. The Balaban J connectivity index is 2.02. The summed E-state index contributed by atoms with van der Waals surface area (Å²) in [5, 5.41) is 4.14. The lowest BCUT2D eigenvalue weighted by Crippen LogP contribution is -2.34. The van der Waals surface area contributed by atoms with Crippen molar-refractivity contribution in [1.29, 1.82) is 0 Å². The third kappa shape index (κ3) is 7.60. The van der Waals surface area contributed by atoms with Crippen molar-refractivity contribution in [3.8, 4) is 5.75 Å². The fraction of sp³-hybridized carbons (Fsp3) is 0.158. The van der Waals surface area contributed by atoms with Crippen LogP contribution in [0.3, 0.4) is 0 Å². The van der Waals surface area contributed by atoms with E-state index in [0.29, 0.717) is 5.56 Å². The van der Waals surface area contributed by atoms with E-state index in [0.717, 1.165) is 6.08 Å². The second-order valence-electron chi connectivity index (χ2n) is 5.61. The average molecular weight is 414 g/mol. The zero-order valence-corrected chi connectivity index (χ0v) is 14.7. The standard InChI is InChI=1S/C19H15F5N2O3/c20-18(21)29-13-8-5-12(6-9-13)7-10-16(27)26-15-4-2-1-3-14(15)17(28)25-11-19(22,23)24/h1-10,18H,11H2,(H,25,28)(H,26,27)/b10-7+. The van der Waals surface area contributed by atoms with Gasteiger partial charge in [0.1, 0.15) is 12.3 Å². The van der Waals surface area contributed by atoms with Gasteiger partial charge >= 0.3 is 12.8 Å². The smallest absolute Gasteiger partial charge is 0.405 e. The highest BCUT2D eigenvalue weighted by Crippen LogP contribution is 2.18. The zero-order valence-electron chi connectivity index (χ0n) is 14.7. The quantitative estimate of drug-likeness (QED) is 0.526. The van der Waals surface area contributed by atoms with Gasteiger partial charge in [0, 0.05) is 6.08 Å². The summed E-state index contributed by atoms with van der Waals surface area (Å²) in [6.07, 6.45) is -2.06. The average Bonchev–Trinajstić information content (AvgIpc) is 2.65. The van der Waals surface area contributed by atoms with Crippen molar-refractivity contribution in [3.63, 3.8) is 0 Å². The summed E-state index contributed by atoms with van der Waals surface area (Å²) in [5.74, 6) is -1.67. The Morgan fingerprint density at radius 3 is 2.31 bits per heavy atom. The maximum absolute atomic E-state index is 12.3. The van der Waals surface area contributed by atoms with E-state index in [9.17, 15) is 31.5 Å². The third-order valence-corrected chi connectivity index (χ3v) is 3.41. The van der Waals surface area contributed by atoms with Gasteiger partial charge in [0.05, 0.1) is 11.3 Å². The van der Waals surface area contributed by atoms with Crippen LogP contribution in [-0.2, 0) is 4.79 Å². The van der Waals surface area contributed by atoms with Gasteiger partial charge in [-0.15, -0.1) is 0 Å². The molecule has 0 aliphatic carbocycles. The number of anilines is 1. The summed E-state index contributed by atoms with van der Waals surface area (Å²) in [4.78, 5) is 24.0. The van der Waals surface area contributed by atoms with Gasteiger partial charge in [-0.25, -0.2) is 0 Å². The molecule has 5 nitrogen and oxygen atoms in total. The molecular weight excluding hydrogens is 399 g/mol. The van der Waals surface area contributed by atoms with E-state index in [2.05, 4.69) is 10.1 Å². The number of para-hydroxylation sites is 1. The summed E-state index contributed by atoms with van der Waals surface area (Å²) in [6.45, 7) is -4.45. The normalized spacial score (nSPS) is 11.5. The molecule has 0 aromatic heterocycles. The highest BCUT2D eigenvalue weighted by Gasteiger charge is 2.28. The van der Waals surface area contributed by atoms with Crippen molar-refractivity contribution in [3.05, 3.63) is 65.7 Å². The molecule has 0 aliphatic heterocycles. The number of carbonyl (C=O) groups is 2. The largest absolute Gasteiger partial charge is 0.435 e. The molecule has 0 fully saturated rings. The number of alkyl halides is 5. The first-order chi connectivity index (χ1) is 13.6. The molecule has 0 saturated carbocycles. The van der Waals surface area contributed by atoms with E-state index in [1.54, 1.807) is 5.32 Å². The van der Waals surface area contributed by atoms with Crippen LogP contribution in [0.5, 0.6) is 5.75 Å². The van der Waals surface area contributed by atoms with Crippen molar-refractivity contribution in [2.24, 2.45) is 0 Å². The summed E-state index contributed by atoms with van der Waals surface area (Å²) >= 11 is 0. The Labute approximate surface area is 162 Å². The van der Waals surface area contributed by atoms with Crippen LogP contribution in [0.15, 0.2) is 54.6 Å². The SMILES string of the molecule is O=C(/C=C/c1ccc(OC(F)F)cc1)Nc1ccccc1C(=O)NCC(F)(F)F. The maximum atomic E-state index is 12.3. The Bertz CT molecular complexity index is 880. The van der Waals surface area contributed by atoms with Crippen molar-refractivity contribution in [2.75, 3.05) is 11.9 Å². The van der Waals surface area contributed by atoms with E-state index >= 15 is 0 Å². The van der Waals surface area contributed by atoms with Crippen LogP contribution in [0.4, 0.5) is 27.6 Å². The molecule has 2 amide bonds. The topological polar surface area (TPSA) is 67.4 Å². The van der Waals surface area contributed by atoms with Crippen LogP contribution < -0.4 is 15.4 Å². The molecule has 0 radical (unpaired) electrons. The molecule has 0 bridgehead atoms. The molecule has 2 aromatic carbocycles. The highest BCUT2D eigenvalue weighted by atomic mass is 19.4. The first kappa shape index (κ1) is 21.9. The van der Waals surface area contributed by atoms with Gasteiger partial charge in [-0.05, 0) is 35.9 Å². The molecule has 2 rings (SSSR count). The molecule has 10 heteroatoms. The number of hydrogen-bond acceptors (Lipinski definition) is 3. The highest BCUT2D eigenvalue weighted by molar-refractivity contribution is 6.07. The van der Waals surface area contributed by atoms with Crippen molar-refractivity contribution in [1.82, 2.24) is 5.32 Å². The molecule has 0 atom stereocenters. The molecule has 0 heterocycles. The van der Waals surface area contributed by atoms with E-state index in [-0.39, 0.29) is 17.0 Å². The van der Waals surface area contributed by atoms with E-state index in [4.69, 9.17) is 0 Å². The van der Waals surface area contributed by atoms with E-state index in [1.807, 2.05) is 0 Å². The van der Waals surface area contributed by atoms with Crippen LogP contribution in [0.1, 0.15) is 15.9 Å². The minimum Gasteiger partial charge on any atom is -0.435 e. The number of amides is 2. The second-order valence-corrected chi connectivity index (χ2v) is 5.61. The first-order valence-corrected chi connectivity index (χ1v) is 8.12. The molecule has 2 aromatic rings. The number of halogens is 5. The molecular formula is C19H15F5N2O3. The lowest BCUT2D eigenvalue weighted by atomic mass is 10.1. The second kappa shape index (κ2) is 9.67. The van der Waals surface area contributed by atoms with Crippen LogP contribution in [-0.4, -0.2) is 31.1 Å². The van der Waals surface area contributed by atoms with Gasteiger partial charge in [0.15, 0.2) is 0 Å². The van der Waals surface area contributed by atoms with Gasteiger partial charge in [0.2, 0.25) is 5.91 Å². The molecule has 0 saturated heterocycles. The van der Waals surface area contributed by atoms with E-state index in [1.165, 1.54) is 54.6 Å². The van der Waals surface area contributed by atoms with Gasteiger partial charge in [-0.1, -0.05) is 24.3 Å². The van der Waals surface area contributed by atoms with Crippen molar-refractivity contribution >= 4 is 23.6 Å². The molecule has 0 spiro atoms. The van der Waals surface area contributed by atoms with Crippen LogP contribution in [0.2, 0.25) is 0 Å². The van der Waals surface area contributed by atoms with Crippen molar-refractivity contribution < 1.29 is 36.3 Å². The predicted molar refractivity (Wildman–Crippen MR) is 95.6 cm³/mol. The van der Waals surface area contributed by atoms with Gasteiger partial charge in [0.25, 0.3) is 5.91 Å². The molecule has 154 valence electrons. The van der Waals surface area contributed by atoms with Crippen LogP contribution in [0, 0.1) is 0 Å². The van der Waals surface area contributed by atoms with Crippen molar-refractivity contribution in [2.45, 2.75) is 12.8 Å². The number of ether oxygens (including phenoxy) is 1. The first-order valence-electron chi connectivity index (χ1n) is 8.12. The lowest BCUT2D eigenvalue weighted by molar-refractivity contribution is -0.123. The minimum absolute atomic E-state index is 0.0301. The van der Waals surface area contributed by atoms with Crippen LogP contribution >= 0.6 is 0 Å². The predicted octanol–water partition coefficient (Wildman–Crippen LogP) is 4.23. The number of nitrogens with one attached hydrogen (secondary N) is 2. The summed E-state index contributed by atoms with van der Waals surface area (Å²) in [7, 11) is 0. The van der Waals surface area contributed by atoms with Crippen LogP contribution in [0.25, 0.3) is 6.08 Å². The fourth-order valence-corrected chi connectivity index (χ4v) is 2.17. The third-order valence-electron chi connectivity index (χ3n) is 3.41. The number of hydrogen-bond donors (Lipinski definition) is 2. The van der Waals surface area contributed by atoms with Gasteiger partial charge < -0.3 is 15.4 Å². The number of rotatable bonds is 7. The Morgan fingerprint density at radius 1 is 1.03 bits per heavy atom. The summed E-state index contributed by atoms with van der Waals surface area (Å²) in [6, 6.07) is 11.1. The molecule has 29 heavy (non-hydrogen) atoms. The zero-order chi connectivity index (χ0) is 21.4. The molecule has 0 aliphatic rings. The summed E-state index contributed by atoms with van der Waals surface area (Å²) in [5.41, 5.74) is 0.410. The Kier molecular flexibility index (Phi) is 7.29. The lowest BCUT2D eigenvalue weighted by Gasteiger charge is -2.11. The fourth-order valence-electron chi connectivity index (χ4n) is 2.17. The monoisotopic (exact) mass is 414 g/mol. The maximum Gasteiger partial charge on any atom is 0.405 e. The van der Waals surface area contributed by atoms with Gasteiger partial charge in [-0.2, -0.15) is 22.0 Å². The Hall–Kier alpha value is -3.43. The number of benzene rings is 2. The van der Waals surface area contributed by atoms with Gasteiger partial charge in [-0.3, -0.25) is 9.59 Å².